The quantitative estimate of drug-likeness (QED) is 0.799. The maximum atomic E-state index is 4.39. The van der Waals surface area contributed by atoms with Gasteiger partial charge in [-0.2, -0.15) is 0 Å². The smallest absolute Gasteiger partial charge is 0.0722 e. The second-order valence-corrected chi connectivity index (χ2v) is 5.41. The second kappa shape index (κ2) is 4.65. The van der Waals surface area contributed by atoms with Crippen LogP contribution in [-0.4, -0.2) is 22.9 Å². The Morgan fingerprint density at radius 1 is 1.24 bits per heavy atom. The third-order valence-electron chi connectivity index (χ3n) is 3.22. The minimum absolute atomic E-state index is 0.0735. The number of para-hydroxylation sites is 1. The summed E-state index contributed by atoms with van der Waals surface area (Å²) in [5.74, 6) is 0. The summed E-state index contributed by atoms with van der Waals surface area (Å²) in [5.41, 5.74) is 2.34. The van der Waals surface area contributed by atoms with Crippen molar-refractivity contribution in [3.8, 4) is 0 Å². The highest BCUT2D eigenvalue weighted by Gasteiger charge is 2.23. The van der Waals surface area contributed by atoms with E-state index in [0.717, 1.165) is 10.8 Å². The average molecular weight is 293 g/mol. The second-order valence-electron chi connectivity index (χ2n) is 4.85. The molecule has 1 aromatic heterocycles. The van der Waals surface area contributed by atoms with Gasteiger partial charge in [0.2, 0.25) is 0 Å². The van der Waals surface area contributed by atoms with Gasteiger partial charge in [-0.05, 0) is 26.0 Å². The van der Waals surface area contributed by atoms with Crippen LogP contribution in [-0.2, 0) is 0 Å². The van der Waals surface area contributed by atoms with Crippen LogP contribution < -0.4 is 4.90 Å². The monoisotopic (exact) mass is 292 g/mol. The van der Waals surface area contributed by atoms with Crippen LogP contribution in [0.4, 0.5) is 5.69 Å². The number of nitrogens with zero attached hydrogens (tertiary/aromatic N) is 2. The average Bonchev–Trinajstić information content (AvgIpc) is 2.37. The van der Waals surface area contributed by atoms with Gasteiger partial charge < -0.3 is 4.90 Å². The van der Waals surface area contributed by atoms with Crippen LogP contribution in [0.3, 0.4) is 0 Å². The number of pyridine rings is 1. The topological polar surface area (TPSA) is 16.1 Å². The summed E-state index contributed by atoms with van der Waals surface area (Å²) in [4.78, 5) is 6.69. The van der Waals surface area contributed by atoms with E-state index in [1.165, 1.54) is 11.1 Å². The normalized spacial score (nSPS) is 11.8. The number of benzene rings is 1. The molecule has 0 aliphatic rings. The Kier molecular flexibility index (Phi) is 3.38. The largest absolute Gasteiger partial charge is 0.368 e. The zero-order valence-electron chi connectivity index (χ0n) is 10.4. The highest BCUT2D eigenvalue weighted by Crippen LogP contribution is 2.29. The third-order valence-corrected chi connectivity index (χ3v) is 4.59. The molecule has 0 fully saturated rings. The summed E-state index contributed by atoms with van der Waals surface area (Å²) in [6, 6.07) is 10.3. The summed E-state index contributed by atoms with van der Waals surface area (Å²) in [7, 11) is 2.13. The van der Waals surface area contributed by atoms with Crippen LogP contribution in [0.15, 0.2) is 36.5 Å². The Bertz CT molecular complexity index is 517. The molecule has 17 heavy (non-hydrogen) atoms. The zero-order valence-corrected chi connectivity index (χ0v) is 12.0. The molecule has 0 bridgehead atoms. The SMILES string of the molecule is CN(c1ccnc2ccccc12)C(C)(C)CBr. The fourth-order valence-electron chi connectivity index (χ4n) is 1.79. The summed E-state index contributed by atoms with van der Waals surface area (Å²) >= 11 is 3.58. The Morgan fingerprint density at radius 2 is 1.94 bits per heavy atom. The number of aromatic nitrogens is 1. The van der Waals surface area contributed by atoms with E-state index in [4.69, 9.17) is 0 Å². The maximum absolute atomic E-state index is 4.39. The molecule has 2 aromatic rings. The highest BCUT2D eigenvalue weighted by atomic mass is 79.9. The molecule has 0 amide bonds. The first-order valence-corrected chi connectivity index (χ1v) is 6.82. The number of rotatable bonds is 3. The molecule has 2 rings (SSSR count). The van der Waals surface area contributed by atoms with Crippen molar-refractivity contribution in [1.82, 2.24) is 4.98 Å². The van der Waals surface area contributed by atoms with Crippen LogP contribution in [0, 0.1) is 0 Å². The van der Waals surface area contributed by atoms with Gasteiger partial charge in [-0.15, -0.1) is 0 Å². The summed E-state index contributed by atoms with van der Waals surface area (Å²) < 4.78 is 0. The highest BCUT2D eigenvalue weighted by molar-refractivity contribution is 9.09. The predicted octanol–water partition coefficient (Wildman–Crippen LogP) is 3.84. The van der Waals surface area contributed by atoms with Crippen molar-refractivity contribution >= 4 is 32.5 Å². The fraction of sp³-hybridized carbons (Fsp3) is 0.357. The molecule has 1 heterocycles. The van der Waals surface area contributed by atoms with Gasteiger partial charge in [-0.1, -0.05) is 34.1 Å². The van der Waals surface area contributed by atoms with Gasteiger partial charge in [0.15, 0.2) is 0 Å². The molecule has 1 aromatic carbocycles. The number of halogens is 1. The Morgan fingerprint density at radius 3 is 2.65 bits per heavy atom. The van der Waals surface area contributed by atoms with Crippen molar-refractivity contribution in [3.63, 3.8) is 0 Å². The number of fused-ring (bicyclic) bond motifs is 1. The molecule has 3 heteroatoms. The molecule has 0 radical (unpaired) electrons. The van der Waals surface area contributed by atoms with Crippen molar-refractivity contribution in [3.05, 3.63) is 36.5 Å². The van der Waals surface area contributed by atoms with Gasteiger partial charge in [-0.25, -0.2) is 0 Å². The molecule has 0 N–H and O–H groups in total. The van der Waals surface area contributed by atoms with Crippen LogP contribution in [0.1, 0.15) is 13.8 Å². The van der Waals surface area contributed by atoms with Gasteiger partial charge in [0, 0.05) is 35.2 Å². The van der Waals surface area contributed by atoms with Crippen molar-refractivity contribution in [2.24, 2.45) is 0 Å². The molecule has 0 aliphatic heterocycles. The summed E-state index contributed by atoms with van der Waals surface area (Å²) in [6.45, 7) is 4.44. The standard InChI is InChI=1S/C14H17BrN2/c1-14(2,10-15)17(3)13-8-9-16-12-7-5-4-6-11(12)13/h4-9H,10H2,1-3H3. The van der Waals surface area contributed by atoms with E-state index in [2.05, 4.69) is 64.9 Å². The number of hydrogen-bond acceptors (Lipinski definition) is 2. The lowest BCUT2D eigenvalue weighted by Gasteiger charge is -2.36. The summed E-state index contributed by atoms with van der Waals surface area (Å²) in [6.07, 6.45) is 1.87. The van der Waals surface area contributed by atoms with Crippen molar-refractivity contribution < 1.29 is 0 Å². The molecule has 90 valence electrons. The molecule has 0 atom stereocenters. The molecule has 0 spiro atoms. The van der Waals surface area contributed by atoms with Gasteiger partial charge >= 0.3 is 0 Å². The van der Waals surface area contributed by atoms with Crippen LogP contribution in [0.5, 0.6) is 0 Å². The lowest BCUT2D eigenvalue weighted by molar-refractivity contribution is 0.553. The van der Waals surface area contributed by atoms with E-state index in [1.807, 2.05) is 18.3 Å². The van der Waals surface area contributed by atoms with Crippen molar-refractivity contribution in [1.29, 1.82) is 0 Å². The number of alkyl halides is 1. The minimum Gasteiger partial charge on any atom is -0.368 e. The van der Waals surface area contributed by atoms with E-state index >= 15 is 0 Å². The first-order chi connectivity index (χ1) is 8.06. The number of hydrogen-bond donors (Lipinski definition) is 0. The first kappa shape index (κ1) is 12.4. The zero-order chi connectivity index (χ0) is 12.5. The third kappa shape index (κ3) is 2.29. The van der Waals surface area contributed by atoms with E-state index < -0.39 is 0 Å². The molecule has 0 unspecified atom stereocenters. The van der Waals surface area contributed by atoms with E-state index in [0.29, 0.717) is 0 Å². The summed E-state index contributed by atoms with van der Waals surface area (Å²) in [5, 5.41) is 2.12. The van der Waals surface area contributed by atoms with Crippen LogP contribution in [0.25, 0.3) is 10.9 Å². The van der Waals surface area contributed by atoms with E-state index in [9.17, 15) is 0 Å². The van der Waals surface area contributed by atoms with Gasteiger partial charge in [0.05, 0.1) is 5.52 Å². The lowest BCUT2D eigenvalue weighted by atomic mass is 10.0. The van der Waals surface area contributed by atoms with E-state index in [-0.39, 0.29) is 5.54 Å². The van der Waals surface area contributed by atoms with Gasteiger partial charge in [0.25, 0.3) is 0 Å². The first-order valence-electron chi connectivity index (χ1n) is 5.70. The fourth-order valence-corrected chi connectivity index (χ4v) is 2.17. The minimum atomic E-state index is 0.0735. The van der Waals surface area contributed by atoms with Gasteiger partial charge in [-0.3, -0.25) is 4.98 Å². The lowest BCUT2D eigenvalue weighted by Crippen LogP contribution is -2.42. The molecule has 0 saturated heterocycles. The Hall–Kier alpha value is -1.09. The molecule has 0 aliphatic carbocycles. The Labute approximate surface area is 111 Å². The van der Waals surface area contributed by atoms with Crippen LogP contribution >= 0.6 is 15.9 Å². The maximum Gasteiger partial charge on any atom is 0.0722 e. The Balaban J connectivity index is 2.56. The molecule has 0 saturated carbocycles. The molecular formula is C14H17BrN2. The van der Waals surface area contributed by atoms with Crippen molar-refractivity contribution in [2.75, 3.05) is 17.3 Å². The van der Waals surface area contributed by atoms with E-state index in [1.54, 1.807) is 0 Å². The molecule has 2 nitrogen and oxygen atoms in total. The molecular weight excluding hydrogens is 276 g/mol. The predicted molar refractivity (Wildman–Crippen MR) is 78.0 cm³/mol. The number of anilines is 1. The van der Waals surface area contributed by atoms with Gasteiger partial charge in [0.1, 0.15) is 0 Å². The van der Waals surface area contributed by atoms with Crippen molar-refractivity contribution in [2.45, 2.75) is 19.4 Å². The van der Waals surface area contributed by atoms with Crippen LogP contribution in [0.2, 0.25) is 0 Å².